The Bertz CT molecular complexity index is 311. The van der Waals surface area contributed by atoms with Gasteiger partial charge in [-0.05, 0) is 31.4 Å². The SMILES string of the molecule is CC.CC(C)Oc1ncc(C(C)C)cc1Cl. The number of hydrogen-bond donors (Lipinski definition) is 0. The number of aromatic nitrogens is 1. The zero-order valence-corrected chi connectivity index (χ0v) is 11.8. The smallest absolute Gasteiger partial charge is 0.232 e. The first-order valence-corrected chi connectivity index (χ1v) is 6.20. The van der Waals surface area contributed by atoms with Gasteiger partial charge in [0.15, 0.2) is 0 Å². The Balaban J connectivity index is 0.00000106. The molecule has 0 fully saturated rings. The number of hydrogen-bond acceptors (Lipinski definition) is 2. The molecule has 1 rings (SSSR count). The lowest BCUT2D eigenvalue weighted by Gasteiger charge is -2.12. The van der Waals surface area contributed by atoms with Crippen LogP contribution in [0.5, 0.6) is 5.88 Å². The predicted molar refractivity (Wildman–Crippen MR) is 70.4 cm³/mol. The van der Waals surface area contributed by atoms with Crippen molar-refractivity contribution in [2.24, 2.45) is 0 Å². The zero-order chi connectivity index (χ0) is 12.7. The van der Waals surface area contributed by atoms with Crippen molar-refractivity contribution in [1.29, 1.82) is 0 Å². The highest BCUT2D eigenvalue weighted by Crippen LogP contribution is 2.26. The second-order valence-corrected chi connectivity index (χ2v) is 4.28. The normalized spacial score (nSPS) is 10.1. The van der Waals surface area contributed by atoms with Gasteiger partial charge in [0.05, 0.1) is 6.10 Å². The lowest BCUT2D eigenvalue weighted by molar-refractivity contribution is 0.232. The summed E-state index contributed by atoms with van der Waals surface area (Å²) in [7, 11) is 0. The Morgan fingerprint density at radius 2 is 1.75 bits per heavy atom. The third-order valence-electron chi connectivity index (χ3n) is 1.84. The van der Waals surface area contributed by atoms with Crippen LogP contribution in [0.15, 0.2) is 12.3 Å². The highest BCUT2D eigenvalue weighted by atomic mass is 35.5. The maximum absolute atomic E-state index is 6.03. The van der Waals surface area contributed by atoms with Gasteiger partial charge in [-0.3, -0.25) is 0 Å². The third kappa shape index (κ3) is 4.84. The van der Waals surface area contributed by atoms with E-state index in [4.69, 9.17) is 16.3 Å². The van der Waals surface area contributed by atoms with Crippen molar-refractivity contribution in [2.45, 2.75) is 53.6 Å². The molecule has 0 unspecified atom stereocenters. The zero-order valence-electron chi connectivity index (χ0n) is 11.0. The Kier molecular flexibility index (Phi) is 7.15. The van der Waals surface area contributed by atoms with E-state index in [-0.39, 0.29) is 6.10 Å². The van der Waals surface area contributed by atoms with Crippen LogP contribution in [0.2, 0.25) is 5.02 Å². The topological polar surface area (TPSA) is 22.1 Å². The van der Waals surface area contributed by atoms with Crippen LogP contribution in [0.3, 0.4) is 0 Å². The summed E-state index contributed by atoms with van der Waals surface area (Å²) >= 11 is 6.03. The summed E-state index contributed by atoms with van der Waals surface area (Å²) in [5, 5.41) is 0.588. The van der Waals surface area contributed by atoms with Crippen molar-refractivity contribution in [3.63, 3.8) is 0 Å². The molecule has 0 spiro atoms. The average molecular weight is 244 g/mol. The van der Waals surface area contributed by atoms with Crippen LogP contribution in [0.25, 0.3) is 0 Å². The number of halogens is 1. The fourth-order valence-corrected chi connectivity index (χ4v) is 1.29. The highest BCUT2D eigenvalue weighted by molar-refractivity contribution is 6.31. The summed E-state index contributed by atoms with van der Waals surface area (Å²) in [5.74, 6) is 0.958. The van der Waals surface area contributed by atoms with E-state index in [2.05, 4.69) is 18.8 Å². The minimum absolute atomic E-state index is 0.102. The van der Waals surface area contributed by atoms with Gasteiger partial charge in [-0.2, -0.15) is 0 Å². The predicted octanol–water partition coefficient (Wildman–Crippen LogP) is 4.67. The molecule has 0 amide bonds. The van der Waals surface area contributed by atoms with E-state index in [1.165, 1.54) is 0 Å². The standard InChI is InChI=1S/C11H16ClNO.C2H6/c1-7(2)9-5-10(12)11(13-6-9)14-8(3)4;1-2/h5-8H,1-4H3;1-2H3. The van der Waals surface area contributed by atoms with Gasteiger partial charge in [0.25, 0.3) is 0 Å². The summed E-state index contributed by atoms with van der Waals surface area (Å²) in [6.45, 7) is 12.1. The van der Waals surface area contributed by atoms with Crippen molar-refractivity contribution in [2.75, 3.05) is 0 Å². The molecule has 16 heavy (non-hydrogen) atoms. The minimum atomic E-state index is 0.102. The maximum Gasteiger partial charge on any atom is 0.232 e. The van der Waals surface area contributed by atoms with Crippen LogP contribution in [0.1, 0.15) is 53.0 Å². The molecule has 0 aliphatic heterocycles. The molecule has 2 nitrogen and oxygen atoms in total. The lowest BCUT2D eigenvalue weighted by atomic mass is 10.1. The first-order valence-electron chi connectivity index (χ1n) is 5.82. The first kappa shape index (κ1) is 15.2. The molecule has 1 aromatic rings. The highest BCUT2D eigenvalue weighted by Gasteiger charge is 2.08. The van der Waals surface area contributed by atoms with E-state index in [9.17, 15) is 0 Å². The van der Waals surface area contributed by atoms with Crippen LogP contribution in [0.4, 0.5) is 0 Å². The molecule has 0 N–H and O–H groups in total. The molecule has 1 heterocycles. The average Bonchev–Trinajstić information content (AvgIpc) is 2.23. The second-order valence-electron chi connectivity index (χ2n) is 3.88. The van der Waals surface area contributed by atoms with Gasteiger partial charge in [-0.25, -0.2) is 4.98 Å². The number of pyridine rings is 1. The van der Waals surface area contributed by atoms with Crippen molar-refractivity contribution in [1.82, 2.24) is 4.98 Å². The van der Waals surface area contributed by atoms with E-state index in [0.717, 1.165) is 5.56 Å². The van der Waals surface area contributed by atoms with Gasteiger partial charge in [0.2, 0.25) is 5.88 Å². The van der Waals surface area contributed by atoms with Crippen molar-refractivity contribution in [3.05, 3.63) is 22.8 Å². The van der Waals surface area contributed by atoms with Gasteiger partial charge in [0, 0.05) is 6.20 Å². The minimum Gasteiger partial charge on any atom is -0.474 e. The second kappa shape index (κ2) is 7.50. The first-order chi connectivity index (χ1) is 7.50. The maximum atomic E-state index is 6.03. The van der Waals surface area contributed by atoms with Crippen molar-refractivity contribution in [3.8, 4) is 5.88 Å². The molecular formula is C13H22ClNO. The molecule has 0 aliphatic rings. The fraction of sp³-hybridized carbons (Fsp3) is 0.615. The summed E-state index contributed by atoms with van der Waals surface area (Å²) in [6.07, 6.45) is 1.92. The summed E-state index contributed by atoms with van der Waals surface area (Å²) in [6, 6.07) is 1.91. The molecule has 0 radical (unpaired) electrons. The third-order valence-corrected chi connectivity index (χ3v) is 2.11. The van der Waals surface area contributed by atoms with E-state index in [1.807, 2.05) is 40.0 Å². The summed E-state index contributed by atoms with van der Waals surface area (Å²) < 4.78 is 5.44. The van der Waals surface area contributed by atoms with Crippen LogP contribution in [-0.2, 0) is 0 Å². The van der Waals surface area contributed by atoms with Gasteiger partial charge >= 0.3 is 0 Å². The Labute approximate surface area is 104 Å². The van der Waals surface area contributed by atoms with Crippen LogP contribution >= 0.6 is 11.6 Å². The fourth-order valence-electron chi connectivity index (χ4n) is 1.07. The molecular weight excluding hydrogens is 222 g/mol. The Hall–Kier alpha value is -0.760. The number of ether oxygens (including phenoxy) is 1. The number of rotatable bonds is 3. The Morgan fingerprint density at radius 3 is 2.12 bits per heavy atom. The van der Waals surface area contributed by atoms with Gasteiger partial charge < -0.3 is 4.74 Å². The van der Waals surface area contributed by atoms with E-state index >= 15 is 0 Å². The van der Waals surface area contributed by atoms with Gasteiger partial charge in [-0.1, -0.05) is 39.3 Å². The molecule has 0 bridgehead atoms. The number of nitrogens with zero attached hydrogens (tertiary/aromatic N) is 1. The molecule has 0 saturated carbocycles. The molecule has 0 atom stereocenters. The summed E-state index contributed by atoms with van der Waals surface area (Å²) in [4.78, 5) is 4.19. The largest absolute Gasteiger partial charge is 0.474 e. The van der Waals surface area contributed by atoms with Crippen LogP contribution in [0, 0.1) is 0 Å². The van der Waals surface area contributed by atoms with Crippen LogP contribution < -0.4 is 4.74 Å². The molecule has 0 saturated heterocycles. The quantitative estimate of drug-likeness (QED) is 0.770. The molecule has 1 aromatic heterocycles. The van der Waals surface area contributed by atoms with Gasteiger partial charge in [-0.15, -0.1) is 0 Å². The molecule has 92 valence electrons. The monoisotopic (exact) mass is 243 g/mol. The Morgan fingerprint density at radius 1 is 1.19 bits per heavy atom. The molecule has 0 aliphatic carbocycles. The van der Waals surface area contributed by atoms with E-state index in [0.29, 0.717) is 16.8 Å². The summed E-state index contributed by atoms with van der Waals surface area (Å²) in [5.41, 5.74) is 1.13. The van der Waals surface area contributed by atoms with Crippen LogP contribution in [-0.4, -0.2) is 11.1 Å². The van der Waals surface area contributed by atoms with E-state index < -0.39 is 0 Å². The van der Waals surface area contributed by atoms with Crippen molar-refractivity contribution >= 4 is 11.6 Å². The molecule has 0 aromatic carbocycles. The van der Waals surface area contributed by atoms with Gasteiger partial charge in [0.1, 0.15) is 5.02 Å². The molecule has 3 heteroatoms. The van der Waals surface area contributed by atoms with E-state index in [1.54, 1.807) is 0 Å². The van der Waals surface area contributed by atoms with Crippen molar-refractivity contribution < 1.29 is 4.74 Å². The lowest BCUT2D eigenvalue weighted by Crippen LogP contribution is -2.07.